The molecule has 24 heavy (non-hydrogen) atoms. The first-order chi connectivity index (χ1) is 11.8. The number of nitrogens with zero attached hydrogens (tertiary/aromatic N) is 1. The molecule has 0 atom stereocenters. The molecular weight excluding hydrogens is 316 g/mol. The molecular formula is C21H18ClN2+. The molecule has 0 bridgehead atoms. The molecule has 3 aromatic carbocycles. The van der Waals surface area contributed by atoms with Crippen LogP contribution in [0.15, 0.2) is 78.9 Å². The highest BCUT2D eigenvalue weighted by molar-refractivity contribution is 6.30. The molecule has 0 amide bonds. The van der Waals surface area contributed by atoms with Crippen molar-refractivity contribution in [2.24, 2.45) is 0 Å². The fourth-order valence-corrected chi connectivity index (χ4v) is 3.19. The van der Waals surface area contributed by atoms with Crippen molar-refractivity contribution in [3.05, 3.63) is 101 Å². The number of fused-ring (bicyclic) bond motifs is 1. The summed E-state index contributed by atoms with van der Waals surface area (Å²) in [6.07, 6.45) is 0.878. The van der Waals surface area contributed by atoms with E-state index in [0.29, 0.717) is 0 Å². The average molecular weight is 334 g/mol. The maximum absolute atomic E-state index is 6.01. The summed E-state index contributed by atoms with van der Waals surface area (Å²) in [6, 6.07) is 27.1. The van der Waals surface area contributed by atoms with Crippen molar-refractivity contribution in [3.63, 3.8) is 0 Å². The highest BCUT2D eigenvalue weighted by atomic mass is 35.5. The quantitative estimate of drug-likeness (QED) is 0.520. The second kappa shape index (κ2) is 6.50. The van der Waals surface area contributed by atoms with Gasteiger partial charge in [-0.05, 0) is 35.4 Å². The van der Waals surface area contributed by atoms with Crippen LogP contribution in [0.2, 0.25) is 5.02 Å². The standard InChI is InChI=1S/C21H17ClN2/c22-18-12-10-17(11-13-18)15-24-20-9-5-4-8-19(20)23-21(24)14-16-6-2-1-3-7-16/h1-13H,14-15H2/p+1. The van der Waals surface area contributed by atoms with E-state index >= 15 is 0 Å². The van der Waals surface area contributed by atoms with Crippen molar-refractivity contribution in [2.75, 3.05) is 0 Å². The summed E-state index contributed by atoms with van der Waals surface area (Å²) < 4.78 is 2.35. The Kier molecular flexibility index (Phi) is 4.06. The van der Waals surface area contributed by atoms with Crippen molar-refractivity contribution in [1.29, 1.82) is 0 Å². The lowest BCUT2D eigenvalue weighted by Crippen LogP contribution is -2.37. The minimum absolute atomic E-state index is 0.771. The van der Waals surface area contributed by atoms with E-state index in [1.165, 1.54) is 22.5 Å². The first kappa shape index (κ1) is 15.0. The Labute approximate surface area is 146 Å². The molecule has 2 nitrogen and oxygen atoms in total. The third-order valence-corrected chi connectivity index (χ3v) is 4.52. The fraction of sp³-hybridized carbons (Fsp3) is 0.0952. The molecule has 118 valence electrons. The van der Waals surface area contributed by atoms with Gasteiger partial charge >= 0.3 is 0 Å². The van der Waals surface area contributed by atoms with E-state index in [1.807, 2.05) is 12.1 Å². The SMILES string of the molecule is Clc1ccc(C[n+]2c(Cc3ccccc3)[nH]c3ccccc32)cc1. The van der Waals surface area contributed by atoms with Gasteiger partial charge in [0.2, 0.25) is 0 Å². The number of para-hydroxylation sites is 2. The van der Waals surface area contributed by atoms with Gasteiger partial charge in [0.25, 0.3) is 5.82 Å². The minimum Gasteiger partial charge on any atom is -0.240 e. The number of H-pyrrole nitrogens is 1. The number of rotatable bonds is 4. The van der Waals surface area contributed by atoms with E-state index in [4.69, 9.17) is 11.6 Å². The van der Waals surface area contributed by atoms with Gasteiger partial charge in [-0.1, -0.05) is 66.2 Å². The monoisotopic (exact) mass is 333 g/mol. The largest absolute Gasteiger partial charge is 0.259 e. The number of nitrogens with one attached hydrogen (secondary N) is 1. The molecule has 1 heterocycles. The molecule has 0 saturated heterocycles. The van der Waals surface area contributed by atoms with Crippen LogP contribution in [-0.4, -0.2) is 4.98 Å². The van der Waals surface area contributed by atoms with Gasteiger partial charge < -0.3 is 0 Å². The second-order valence-electron chi connectivity index (χ2n) is 5.96. The van der Waals surface area contributed by atoms with Gasteiger partial charge in [0, 0.05) is 5.02 Å². The molecule has 1 aromatic heterocycles. The Hall–Kier alpha value is -2.58. The lowest BCUT2D eigenvalue weighted by molar-refractivity contribution is -0.669. The van der Waals surface area contributed by atoms with Crippen molar-refractivity contribution in [1.82, 2.24) is 4.98 Å². The number of hydrogen-bond acceptors (Lipinski definition) is 0. The predicted molar refractivity (Wildman–Crippen MR) is 98.3 cm³/mol. The van der Waals surface area contributed by atoms with E-state index < -0.39 is 0 Å². The van der Waals surface area contributed by atoms with Crippen LogP contribution in [0.5, 0.6) is 0 Å². The zero-order chi connectivity index (χ0) is 16.4. The molecule has 3 heteroatoms. The normalized spacial score (nSPS) is 11.0. The van der Waals surface area contributed by atoms with Gasteiger partial charge in [0.05, 0.1) is 6.42 Å². The lowest BCUT2D eigenvalue weighted by Gasteiger charge is -2.04. The maximum Gasteiger partial charge on any atom is 0.259 e. The molecule has 0 aliphatic heterocycles. The summed E-state index contributed by atoms with van der Waals surface area (Å²) in [5.41, 5.74) is 4.92. The van der Waals surface area contributed by atoms with Gasteiger partial charge in [-0.3, -0.25) is 0 Å². The highest BCUT2D eigenvalue weighted by Gasteiger charge is 2.18. The molecule has 1 N–H and O–H groups in total. The third-order valence-electron chi connectivity index (χ3n) is 4.27. The van der Waals surface area contributed by atoms with E-state index in [0.717, 1.165) is 23.5 Å². The second-order valence-corrected chi connectivity index (χ2v) is 6.40. The number of benzene rings is 3. The van der Waals surface area contributed by atoms with Crippen LogP contribution in [0.25, 0.3) is 11.0 Å². The topological polar surface area (TPSA) is 19.7 Å². The third kappa shape index (κ3) is 3.06. The minimum atomic E-state index is 0.771. The van der Waals surface area contributed by atoms with Gasteiger partial charge in [-0.2, -0.15) is 0 Å². The fourth-order valence-electron chi connectivity index (χ4n) is 3.06. The van der Waals surface area contributed by atoms with Crippen LogP contribution in [-0.2, 0) is 13.0 Å². The molecule has 4 rings (SSSR count). The van der Waals surface area contributed by atoms with Crippen molar-refractivity contribution in [2.45, 2.75) is 13.0 Å². The summed E-state index contributed by atoms with van der Waals surface area (Å²) in [5.74, 6) is 1.21. The molecule has 0 spiro atoms. The van der Waals surface area contributed by atoms with E-state index in [-0.39, 0.29) is 0 Å². The zero-order valence-corrected chi connectivity index (χ0v) is 14.0. The summed E-state index contributed by atoms with van der Waals surface area (Å²) in [4.78, 5) is 3.58. The highest BCUT2D eigenvalue weighted by Crippen LogP contribution is 2.15. The molecule has 0 radical (unpaired) electrons. The lowest BCUT2D eigenvalue weighted by atomic mass is 10.1. The van der Waals surface area contributed by atoms with E-state index in [2.05, 4.69) is 76.3 Å². The summed E-state index contributed by atoms with van der Waals surface area (Å²) in [5, 5.41) is 0.771. The smallest absolute Gasteiger partial charge is 0.240 e. The number of imidazole rings is 1. The van der Waals surface area contributed by atoms with Crippen molar-refractivity contribution < 1.29 is 4.57 Å². The van der Waals surface area contributed by atoms with Crippen LogP contribution in [0.1, 0.15) is 17.0 Å². The molecule has 0 fully saturated rings. The zero-order valence-electron chi connectivity index (χ0n) is 13.2. The maximum atomic E-state index is 6.01. The number of hydrogen-bond donors (Lipinski definition) is 1. The van der Waals surface area contributed by atoms with Gasteiger partial charge in [0.1, 0.15) is 6.54 Å². The first-order valence-electron chi connectivity index (χ1n) is 8.07. The molecule has 4 aromatic rings. The number of halogens is 1. The van der Waals surface area contributed by atoms with Gasteiger partial charge in [-0.25, -0.2) is 9.55 Å². The summed E-state index contributed by atoms with van der Waals surface area (Å²) in [6.45, 7) is 0.823. The van der Waals surface area contributed by atoms with Crippen LogP contribution in [0.4, 0.5) is 0 Å². The van der Waals surface area contributed by atoms with Gasteiger partial charge in [-0.15, -0.1) is 0 Å². The number of aromatic nitrogens is 2. The summed E-state index contributed by atoms with van der Waals surface area (Å²) in [7, 11) is 0. The van der Waals surface area contributed by atoms with Crippen LogP contribution in [0.3, 0.4) is 0 Å². The molecule has 0 unspecified atom stereocenters. The molecule has 0 aliphatic carbocycles. The van der Waals surface area contributed by atoms with Gasteiger partial charge in [0.15, 0.2) is 11.0 Å². The Bertz CT molecular complexity index is 956. The number of aromatic amines is 1. The Morgan fingerprint density at radius 1 is 0.750 bits per heavy atom. The Morgan fingerprint density at radius 3 is 2.25 bits per heavy atom. The van der Waals surface area contributed by atoms with Crippen molar-refractivity contribution >= 4 is 22.6 Å². The first-order valence-corrected chi connectivity index (χ1v) is 8.45. The van der Waals surface area contributed by atoms with E-state index in [1.54, 1.807) is 0 Å². The van der Waals surface area contributed by atoms with E-state index in [9.17, 15) is 0 Å². The Morgan fingerprint density at radius 2 is 1.46 bits per heavy atom. The molecule has 0 saturated carbocycles. The van der Waals surface area contributed by atoms with Crippen molar-refractivity contribution in [3.8, 4) is 0 Å². The molecule has 0 aliphatic rings. The van der Waals surface area contributed by atoms with Crippen LogP contribution in [0, 0.1) is 0 Å². The Balaban J connectivity index is 1.76. The van der Waals surface area contributed by atoms with Crippen LogP contribution < -0.4 is 4.57 Å². The summed E-state index contributed by atoms with van der Waals surface area (Å²) >= 11 is 6.01. The predicted octanol–water partition coefficient (Wildman–Crippen LogP) is 4.75. The van der Waals surface area contributed by atoms with Crippen LogP contribution >= 0.6 is 11.6 Å². The average Bonchev–Trinajstić information content (AvgIpc) is 2.95.